The summed E-state index contributed by atoms with van der Waals surface area (Å²) in [5.41, 5.74) is 0.599. The van der Waals surface area contributed by atoms with Crippen LogP contribution in [0.3, 0.4) is 0 Å². The molecule has 1 aromatic heterocycles. The van der Waals surface area contributed by atoms with Crippen molar-refractivity contribution in [2.45, 2.75) is 25.6 Å². The minimum atomic E-state index is -4.37. The number of alkyl halides is 3. The van der Waals surface area contributed by atoms with Crippen LogP contribution in [0.4, 0.5) is 18.9 Å². The zero-order chi connectivity index (χ0) is 26.0. The number of aromatic nitrogens is 2. The molecule has 2 fully saturated rings. The van der Waals surface area contributed by atoms with Crippen LogP contribution in [-0.2, 0) is 17.5 Å². The van der Waals surface area contributed by atoms with E-state index in [4.69, 9.17) is 16.1 Å². The molecule has 0 aliphatic carbocycles. The number of likely N-dealkylation sites (tertiary alicyclic amines) is 1. The van der Waals surface area contributed by atoms with Crippen LogP contribution >= 0.6 is 11.6 Å². The maximum Gasteiger partial charge on any atom is 0.416 e. The highest BCUT2D eigenvalue weighted by atomic mass is 35.5. The Morgan fingerprint density at radius 1 is 1.00 bits per heavy atom. The van der Waals surface area contributed by atoms with Gasteiger partial charge in [-0.2, -0.15) is 18.2 Å². The lowest BCUT2D eigenvalue weighted by molar-refractivity contribution is -0.138. The number of anilines is 1. The molecule has 2 aromatic carbocycles. The standard InChI is InChI=1S/C26H27ClF3N5O2/c27-22-7-2-1-6-21(22)24-31-23(37-32-24)17-33-10-8-18(9-11-33)25(36)35-14-12-34(13-15-35)20-5-3-4-19(16-20)26(28,29)30/h1-7,16,18H,8-15,17H2. The number of amides is 1. The summed E-state index contributed by atoms with van der Waals surface area (Å²) in [5, 5.41) is 4.60. The summed E-state index contributed by atoms with van der Waals surface area (Å²) in [5.74, 6) is 1.03. The van der Waals surface area contributed by atoms with Crippen LogP contribution < -0.4 is 4.90 Å². The van der Waals surface area contributed by atoms with Crippen molar-refractivity contribution in [3.05, 3.63) is 65.0 Å². The Kier molecular flexibility index (Phi) is 7.39. The maximum atomic E-state index is 13.1. The van der Waals surface area contributed by atoms with Crippen LogP contribution in [0.25, 0.3) is 11.4 Å². The summed E-state index contributed by atoms with van der Waals surface area (Å²) in [7, 11) is 0. The lowest BCUT2D eigenvalue weighted by Gasteiger charge is -2.39. The second-order valence-corrected chi connectivity index (χ2v) is 9.81. The molecule has 0 atom stereocenters. The fraction of sp³-hybridized carbons (Fsp3) is 0.423. The highest BCUT2D eigenvalue weighted by Gasteiger charge is 2.33. The number of piperidine rings is 1. The smallest absolute Gasteiger partial charge is 0.368 e. The summed E-state index contributed by atoms with van der Waals surface area (Å²) in [6.45, 7) is 4.01. The summed E-state index contributed by atoms with van der Waals surface area (Å²) in [6.07, 6.45) is -2.90. The van der Waals surface area contributed by atoms with Gasteiger partial charge in [0.15, 0.2) is 0 Å². The van der Waals surface area contributed by atoms with Gasteiger partial charge in [0.1, 0.15) is 0 Å². The monoisotopic (exact) mass is 533 g/mol. The lowest BCUT2D eigenvalue weighted by atomic mass is 9.95. The largest absolute Gasteiger partial charge is 0.416 e. The predicted molar refractivity (Wildman–Crippen MR) is 133 cm³/mol. The molecule has 3 aromatic rings. The Bertz CT molecular complexity index is 1230. The number of hydrogen-bond acceptors (Lipinski definition) is 6. The summed E-state index contributed by atoms with van der Waals surface area (Å²) >= 11 is 6.22. The molecule has 5 rings (SSSR count). The molecule has 0 saturated carbocycles. The minimum Gasteiger partial charge on any atom is -0.368 e. The van der Waals surface area contributed by atoms with Gasteiger partial charge in [-0.3, -0.25) is 9.69 Å². The zero-order valence-electron chi connectivity index (χ0n) is 20.1. The number of halogens is 4. The maximum absolute atomic E-state index is 13.1. The van der Waals surface area contributed by atoms with Crippen molar-refractivity contribution in [2.24, 2.45) is 5.92 Å². The second-order valence-electron chi connectivity index (χ2n) is 9.40. The Balaban J connectivity index is 1.10. The quantitative estimate of drug-likeness (QED) is 0.461. The number of carbonyl (C=O) groups excluding carboxylic acids is 1. The summed E-state index contributed by atoms with van der Waals surface area (Å²) in [6, 6.07) is 12.7. The molecular weight excluding hydrogens is 507 g/mol. The molecule has 3 heterocycles. The van der Waals surface area contributed by atoms with Crippen molar-refractivity contribution >= 4 is 23.2 Å². The lowest BCUT2D eigenvalue weighted by Crippen LogP contribution is -2.51. The first kappa shape index (κ1) is 25.5. The molecule has 196 valence electrons. The van der Waals surface area contributed by atoms with Crippen molar-refractivity contribution < 1.29 is 22.5 Å². The van der Waals surface area contributed by atoms with Gasteiger partial charge in [-0.15, -0.1) is 0 Å². The van der Waals surface area contributed by atoms with Gasteiger partial charge < -0.3 is 14.3 Å². The van der Waals surface area contributed by atoms with Crippen LogP contribution in [0.5, 0.6) is 0 Å². The van der Waals surface area contributed by atoms with Crippen molar-refractivity contribution in [2.75, 3.05) is 44.2 Å². The van der Waals surface area contributed by atoms with E-state index >= 15 is 0 Å². The van der Waals surface area contributed by atoms with Crippen molar-refractivity contribution in [3.63, 3.8) is 0 Å². The van der Waals surface area contributed by atoms with Crippen LogP contribution in [0.1, 0.15) is 24.3 Å². The van der Waals surface area contributed by atoms with E-state index in [-0.39, 0.29) is 11.8 Å². The van der Waals surface area contributed by atoms with E-state index in [0.29, 0.717) is 55.1 Å². The van der Waals surface area contributed by atoms with E-state index < -0.39 is 11.7 Å². The van der Waals surface area contributed by atoms with Gasteiger partial charge in [0.2, 0.25) is 17.6 Å². The molecule has 37 heavy (non-hydrogen) atoms. The number of hydrogen-bond donors (Lipinski definition) is 0. The number of carbonyl (C=O) groups is 1. The van der Waals surface area contributed by atoms with Gasteiger partial charge >= 0.3 is 6.18 Å². The average molecular weight is 534 g/mol. The van der Waals surface area contributed by atoms with Gasteiger partial charge in [0.25, 0.3) is 0 Å². The number of nitrogens with zero attached hydrogens (tertiary/aromatic N) is 5. The number of piperazine rings is 1. The van der Waals surface area contributed by atoms with Gasteiger partial charge in [0, 0.05) is 43.3 Å². The number of benzene rings is 2. The third-order valence-electron chi connectivity index (χ3n) is 7.01. The fourth-order valence-electron chi connectivity index (χ4n) is 4.92. The molecule has 11 heteroatoms. The van der Waals surface area contributed by atoms with E-state index in [0.717, 1.165) is 37.6 Å². The molecule has 0 N–H and O–H groups in total. The third-order valence-corrected chi connectivity index (χ3v) is 7.34. The first-order chi connectivity index (χ1) is 17.8. The van der Waals surface area contributed by atoms with Gasteiger partial charge in [-0.1, -0.05) is 35.0 Å². The Morgan fingerprint density at radius 2 is 1.73 bits per heavy atom. The minimum absolute atomic E-state index is 0.0577. The van der Waals surface area contributed by atoms with Crippen LogP contribution in [0.2, 0.25) is 5.02 Å². The molecular formula is C26H27ClF3N5O2. The molecule has 0 spiro atoms. The van der Waals surface area contributed by atoms with Crippen molar-refractivity contribution in [1.82, 2.24) is 19.9 Å². The predicted octanol–water partition coefficient (Wildman–Crippen LogP) is 4.97. The molecule has 0 unspecified atom stereocenters. The molecule has 2 aliphatic rings. The summed E-state index contributed by atoms with van der Waals surface area (Å²) < 4.78 is 44.6. The highest BCUT2D eigenvalue weighted by Crippen LogP contribution is 2.32. The van der Waals surface area contributed by atoms with Crippen LogP contribution in [0, 0.1) is 5.92 Å². The van der Waals surface area contributed by atoms with E-state index in [1.165, 1.54) is 12.1 Å². The van der Waals surface area contributed by atoms with E-state index in [1.807, 2.05) is 28.0 Å². The molecule has 2 saturated heterocycles. The van der Waals surface area contributed by atoms with Crippen molar-refractivity contribution in [1.29, 1.82) is 0 Å². The number of rotatable bonds is 5. The average Bonchev–Trinajstić information content (AvgIpc) is 3.37. The molecule has 7 nitrogen and oxygen atoms in total. The van der Waals surface area contributed by atoms with E-state index in [2.05, 4.69) is 15.0 Å². The van der Waals surface area contributed by atoms with Gasteiger partial charge in [-0.05, 0) is 56.3 Å². The van der Waals surface area contributed by atoms with Crippen LogP contribution in [-0.4, -0.2) is 65.1 Å². The second kappa shape index (κ2) is 10.7. The van der Waals surface area contributed by atoms with Gasteiger partial charge in [0.05, 0.1) is 17.1 Å². The first-order valence-electron chi connectivity index (χ1n) is 12.3. The Hall–Kier alpha value is -3.11. The van der Waals surface area contributed by atoms with Crippen molar-refractivity contribution in [3.8, 4) is 11.4 Å². The highest BCUT2D eigenvalue weighted by molar-refractivity contribution is 6.33. The van der Waals surface area contributed by atoms with E-state index in [9.17, 15) is 18.0 Å². The third kappa shape index (κ3) is 5.91. The topological polar surface area (TPSA) is 65.7 Å². The molecule has 0 radical (unpaired) electrons. The van der Waals surface area contributed by atoms with Crippen LogP contribution in [0.15, 0.2) is 53.1 Å². The SMILES string of the molecule is O=C(C1CCN(Cc2nc(-c3ccccc3Cl)no2)CC1)N1CCN(c2cccc(C(F)(F)F)c2)CC1. The summed E-state index contributed by atoms with van der Waals surface area (Å²) in [4.78, 5) is 23.5. The molecule has 1 amide bonds. The normalized spacial score (nSPS) is 17.8. The first-order valence-corrected chi connectivity index (χ1v) is 12.7. The Morgan fingerprint density at radius 3 is 2.43 bits per heavy atom. The van der Waals surface area contributed by atoms with Gasteiger partial charge in [-0.25, -0.2) is 0 Å². The fourth-order valence-corrected chi connectivity index (χ4v) is 5.14. The molecule has 0 bridgehead atoms. The Labute approximate surface area is 217 Å². The van der Waals surface area contributed by atoms with E-state index in [1.54, 1.807) is 12.1 Å². The zero-order valence-corrected chi connectivity index (χ0v) is 20.9. The molecule has 2 aliphatic heterocycles.